The van der Waals surface area contributed by atoms with Crippen molar-refractivity contribution in [2.24, 2.45) is 0 Å². The first-order valence-corrected chi connectivity index (χ1v) is 8.35. The predicted molar refractivity (Wildman–Crippen MR) is 91.3 cm³/mol. The van der Waals surface area contributed by atoms with Crippen LogP contribution in [0.25, 0.3) is 11.1 Å². The highest BCUT2D eigenvalue weighted by Crippen LogP contribution is 2.28. The molecule has 5 heteroatoms. The molecule has 0 radical (unpaired) electrons. The number of hydrogen-bond acceptors (Lipinski definition) is 4. The number of nitrogens with one attached hydrogen (secondary N) is 1. The zero-order valence-corrected chi connectivity index (χ0v) is 13.6. The highest BCUT2D eigenvalue weighted by Gasteiger charge is 2.41. The standard InChI is InChI=1S/C19H21N3O2/c23-18-12-24-19(13-21-18)7-9-22(14-19)11-15-3-5-16(6-4-15)17-2-1-8-20-10-17/h1-6,8,10H,7,9,11-14H2,(H,21,23). The summed E-state index contributed by atoms with van der Waals surface area (Å²) in [6.07, 6.45) is 4.64. The maximum Gasteiger partial charge on any atom is 0.246 e. The number of carbonyl (C=O) groups is 1. The molecule has 2 fully saturated rings. The number of ether oxygens (including phenoxy) is 1. The zero-order chi connectivity index (χ0) is 16.4. The third kappa shape index (κ3) is 3.18. The van der Waals surface area contributed by atoms with Gasteiger partial charge in [0.1, 0.15) is 6.61 Å². The van der Waals surface area contributed by atoms with Gasteiger partial charge in [-0.05, 0) is 29.2 Å². The van der Waals surface area contributed by atoms with Gasteiger partial charge in [0, 0.05) is 38.6 Å². The second kappa shape index (κ2) is 6.34. The van der Waals surface area contributed by atoms with Crippen molar-refractivity contribution >= 4 is 5.91 Å². The van der Waals surface area contributed by atoms with Gasteiger partial charge in [0.2, 0.25) is 5.91 Å². The van der Waals surface area contributed by atoms with E-state index in [1.54, 1.807) is 6.20 Å². The lowest BCUT2D eigenvalue weighted by Crippen LogP contribution is -2.53. The van der Waals surface area contributed by atoms with Gasteiger partial charge in [-0.1, -0.05) is 30.3 Å². The van der Waals surface area contributed by atoms with Gasteiger partial charge in [-0.25, -0.2) is 0 Å². The first-order valence-electron chi connectivity index (χ1n) is 8.35. The Kier molecular flexibility index (Phi) is 4.04. The summed E-state index contributed by atoms with van der Waals surface area (Å²) in [6, 6.07) is 12.7. The van der Waals surface area contributed by atoms with Crippen molar-refractivity contribution < 1.29 is 9.53 Å². The fraction of sp³-hybridized carbons (Fsp3) is 0.368. The molecular formula is C19H21N3O2. The van der Waals surface area contributed by atoms with E-state index >= 15 is 0 Å². The molecule has 1 atom stereocenters. The first kappa shape index (κ1) is 15.3. The van der Waals surface area contributed by atoms with Crippen molar-refractivity contribution in [3.05, 3.63) is 54.4 Å². The van der Waals surface area contributed by atoms with Crippen LogP contribution in [0.5, 0.6) is 0 Å². The van der Waals surface area contributed by atoms with Gasteiger partial charge in [-0.2, -0.15) is 0 Å². The molecule has 124 valence electrons. The normalized spacial score (nSPS) is 24.2. The largest absolute Gasteiger partial charge is 0.362 e. The summed E-state index contributed by atoms with van der Waals surface area (Å²) in [5.41, 5.74) is 3.42. The van der Waals surface area contributed by atoms with Crippen molar-refractivity contribution in [1.29, 1.82) is 0 Å². The number of rotatable bonds is 3. The van der Waals surface area contributed by atoms with E-state index in [2.05, 4.69) is 45.5 Å². The van der Waals surface area contributed by atoms with Crippen LogP contribution >= 0.6 is 0 Å². The lowest BCUT2D eigenvalue weighted by atomic mass is 10.0. The van der Waals surface area contributed by atoms with E-state index in [0.717, 1.165) is 31.6 Å². The number of pyridine rings is 1. The third-order valence-corrected chi connectivity index (χ3v) is 4.87. The van der Waals surface area contributed by atoms with Gasteiger partial charge < -0.3 is 10.1 Å². The number of likely N-dealkylation sites (tertiary alicyclic amines) is 1. The third-order valence-electron chi connectivity index (χ3n) is 4.87. The van der Waals surface area contributed by atoms with E-state index in [0.29, 0.717) is 6.54 Å². The monoisotopic (exact) mass is 323 g/mol. The van der Waals surface area contributed by atoms with Crippen molar-refractivity contribution in [1.82, 2.24) is 15.2 Å². The van der Waals surface area contributed by atoms with Crippen LogP contribution < -0.4 is 5.32 Å². The summed E-state index contributed by atoms with van der Waals surface area (Å²) in [5, 5.41) is 2.93. The Hall–Kier alpha value is -2.24. The van der Waals surface area contributed by atoms with Gasteiger partial charge in [-0.3, -0.25) is 14.7 Å². The highest BCUT2D eigenvalue weighted by atomic mass is 16.5. The van der Waals surface area contributed by atoms with Gasteiger partial charge in [-0.15, -0.1) is 0 Å². The van der Waals surface area contributed by atoms with Crippen molar-refractivity contribution in [3.8, 4) is 11.1 Å². The SMILES string of the molecule is O=C1COC2(CCN(Cc3ccc(-c4cccnc4)cc3)C2)CN1. The molecule has 24 heavy (non-hydrogen) atoms. The van der Waals surface area contributed by atoms with Crippen LogP contribution in [0.3, 0.4) is 0 Å². The van der Waals surface area contributed by atoms with E-state index in [1.165, 1.54) is 11.1 Å². The summed E-state index contributed by atoms with van der Waals surface area (Å²) >= 11 is 0. The summed E-state index contributed by atoms with van der Waals surface area (Å²) in [5.74, 6) is -0.00920. The lowest BCUT2D eigenvalue weighted by molar-refractivity contribution is -0.142. The van der Waals surface area contributed by atoms with Crippen molar-refractivity contribution in [2.45, 2.75) is 18.6 Å². The Labute approximate surface area is 141 Å². The quantitative estimate of drug-likeness (QED) is 0.936. The first-order chi connectivity index (χ1) is 11.7. The molecule has 1 aromatic carbocycles. The molecule has 1 aromatic heterocycles. The molecule has 1 amide bonds. The van der Waals surface area contributed by atoms with Crippen molar-refractivity contribution in [2.75, 3.05) is 26.2 Å². The number of amides is 1. The number of aromatic nitrogens is 1. The number of carbonyl (C=O) groups excluding carboxylic acids is 1. The van der Waals surface area contributed by atoms with Gasteiger partial charge in [0.25, 0.3) is 0 Å². The minimum Gasteiger partial charge on any atom is -0.362 e. The van der Waals surface area contributed by atoms with Crippen molar-refractivity contribution in [3.63, 3.8) is 0 Å². The summed E-state index contributed by atoms with van der Waals surface area (Å²) in [7, 11) is 0. The minimum atomic E-state index is -0.191. The van der Waals surface area contributed by atoms with E-state index in [-0.39, 0.29) is 18.1 Å². The molecule has 0 bridgehead atoms. The van der Waals surface area contributed by atoms with Crippen LogP contribution in [-0.2, 0) is 16.1 Å². The Morgan fingerprint density at radius 2 is 2.08 bits per heavy atom. The van der Waals surface area contributed by atoms with Gasteiger partial charge in [0.15, 0.2) is 0 Å². The molecular weight excluding hydrogens is 302 g/mol. The molecule has 1 spiro atoms. The van der Waals surface area contributed by atoms with Crippen LogP contribution in [-0.4, -0.2) is 47.6 Å². The lowest BCUT2D eigenvalue weighted by Gasteiger charge is -2.33. The van der Waals surface area contributed by atoms with Gasteiger partial charge in [0.05, 0.1) is 5.60 Å². The second-order valence-corrected chi connectivity index (χ2v) is 6.65. The molecule has 5 nitrogen and oxygen atoms in total. The Morgan fingerprint density at radius 3 is 2.79 bits per heavy atom. The van der Waals surface area contributed by atoms with Crippen LogP contribution in [0.1, 0.15) is 12.0 Å². The van der Waals surface area contributed by atoms with Gasteiger partial charge >= 0.3 is 0 Å². The summed E-state index contributed by atoms with van der Waals surface area (Å²) in [4.78, 5) is 17.8. The summed E-state index contributed by atoms with van der Waals surface area (Å²) < 4.78 is 5.82. The smallest absolute Gasteiger partial charge is 0.246 e. The molecule has 2 aliphatic heterocycles. The van der Waals surface area contributed by atoms with Crippen LogP contribution in [0, 0.1) is 0 Å². The Bertz CT molecular complexity index is 705. The molecule has 0 saturated carbocycles. The second-order valence-electron chi connectivity index (χ2n) is 6.65. The molecule has 4 rings (SSSR count). The molecule has 3 heterocycles. The van der Waals surface area contributed by atoms with Crippen LogP contribution in [0.15, 0.2) is 48.8 Å². The summed E-state index contributed by atoms with van der Waals surface area (Å²) in [6.45, 7) is 3.60. The van der Waals surface area contributed by atoms with E-state index in [1.807, 2.05) is 12.3 Å². The average molecular weight is 323 g/mol. The topological polar surface area (TPSA) is 54.5 Å². The Morgan fingerprint density at radius 1 is 1.21 bits per heavy atom. The highest BCUT2D eigenvalue weighted by molar-refractivity contribution is 5.78. The van der Waals surface area contributed by atoms with E-state index in [9.17, 15) is 4.79 Å². The minimum absolute atomic E-state index is 0.00920. The number of nitrogens with zero attached hydrogens (tertiary/aromatic N) is 2. The number of hydrogen-bond donors (Lipinski definition) is 1. The maximum absolute atomic E-state index is 11.3. The van der Waals surface area contributed by atoms with Crippen LogP contribution in [0.2, 0.25) is 0 Å². The average Bonchev–Trinajstić information content (AvgIpc) is 3.02. The van der Waals surface area contributed by atoms with E-state index in [4.69, 9.17) is 4.74 Å². The number of benzene rings is 1. The molecule has 1 N–H and O–H groups in total. The Balaban J connectivity index is 1.39. The van der Waals surface area contributed by atoms with E-state index < -0.39 is 0 Å². The molecule has 1 unspecified atom stereocenters. The number of morpholine rings is 1. The zero-order valence-electron chi connectivity index (χ0n) is 13.6. The molecule has 2 saturated heterocycles. The molecule has 0 aliphatic carbocycles. The molecule has 2 aliphatic rings. The maximum atomic E-state index is 11.3. The fourth-order valence-corrected chi connectivity index (χ4v) is 3.50. The molecule has 2 aromatic rings. The predicted octanol–water partition coefficient (Wildman–Crippen LogP) is 1.84. The fourth-order valence-electron chi connectivity index (χ4n) is 3.50. The van der Waals surface area contributed by atoms with Crippen LogP contribution in [0.4, 0.5) is 0 Å².